The van der Waals surface area contributed by atoms with E-state index in [1.807, 2.05) is 30.3 Å². The summed E-state index contributed by atoms with van der Waals surface area (Å²) in [6.45, 7) is 1.28. The molecule has 0 amide bonds. The molecular formula is C15H15BrN4O. The van der Waals surface area contributed by atoms with Crippen molar-refractivity contribution in [1.29, 1.82) is 0 Å². The summed E-state index contributed by atoms with van der Waals surface area (Å²) in [6.07, 6.45) is 2.59. The Bertz CT molecular complexity index is 739. The number of pyridine rings is 1. The summed E-state index contributed by atoms with van der Waals surface area (Å²) in [6, 6.07) is 9.78. The number of rotatable bonds is 5. The summed E-state index contributed by atoms with van der Waals surface area (Å²) in [5.41, 5.74) is 8.04. The summed E-state index contributed by atoms with van der Waals surface area (Å²) in [5.74, 6) is 1.63. The lowest BCUT2D eigenvalue weighted by atomic mass is 10.2. The summed E-state index contributed by atoms with van der Waals surface area (Å²) < 4.78 is 6.51. The molecule has 5 nitrogen and oxygen atoms in total. The van der Waals surface area contributed by atoms with E-state index in [9.17, 15) is 0 Å². The van der Waals surface area contributed by atoms with Gasteiger partial charge >= 0.3 is 0 Å². The smallest absolute Gasteiger partial charge is 0.178 e. The third-order valence-corrected chi connectivity index (χ3v) is 3.48. The lowest BCUT2D eigenvalue weighted by Gasteiger charge is -2.05. The maximum atomic E-state index is 5.58. The quantitative estimate of drug-likeness (QED) is 0.696. The Balaban J connectivity index is 1.81. The number of hydrogen-bond donors (Lipinski definition) is 2. The second kappa shape index (κ2) is 6.24. The van der Waals surface area contributed by atoms with Crippen molar-refractivity contribution in [2.45, 2.75) is 6.42 Å². The molecule has 2 heterocycles. The molecule has 1 aromatic carbocycles. The molecule has 0 fully saturated rings. The minimum atomic E-state index is 0.637. The van der Waals surface area contributed by atoms with Crippen molar-refractivity contribution in [3.8, 4) is 17.1 Å². The van der Waals surface area contributed by atoms with Crippen LogP contribution in [0, 0.1) is 0 Å². The number of imidazole rings is 1. The summed E-state index contributed by atoms with van der Waals surface area (Å²) in [4.78, 5) is 12.0. The molecular weight excluding hydrogens is 332 g/mol. The van der Waals surface area contributed by atoms with Gasteiger partial charge in [0.2, 0.25) is 0 Å². The molecule has 3 N–H and O–H groups in total. The number of nitrogens with one attached hydrogen (secondary N) is 1. The van der Waals surface area contributed by atoms with Gasteiger partial charge in [-0.2, -0.15) is 0 Å². The van der Waals surface area contributed by atoms with Crippen molar-refractivity contribution in [2.75, 3.05) is 13.2 Å². The highest BCUT2D eigenvalue weighted by Gasteiger charge is 2.06. The van der Waals surface area contributed by atoms with Crippen molar-refractivity contribution in [3.63, 3.8) is 0 Å². The maximum absolute atomic E-state index is 5.58. The van der Waals surface area contributed by atoms with Gasteiger partial charge in [0.05, 0.1) is 12.1 Å². The van der Waals surface area contributed by atoms with E-state index in [2.05, 4.69) is 30.9 Å². The van der Waals surface area contributed by atoms with Gasteiger partial charge in [-0.3, -0.25) is 0 Å². The van der Waals surface area contributed by atoms with Crippen LogP contribution in [0.3, 0.4) is 0 Å². The van der Waals surface area contributed by atoms with Crippen molar-refractivity contribution < 1.29 is 4.74 Å². The van der Waals surface area contributed by atoms with Crippen LogP contribution in [-0.2, 0) is 0 Å². The van der Waals surface area contributed by atoms with E-state index < -0.39 is 0 Å². The van der Waals surface area contributed by atoms with Gasteiger partial charge in [-0.05, 0) is 59.2 Å². The lowest BCUT2D eigenvalue weighted by Crippen LogP contribution is -2.05. The second-order valence-electron chi connectivity index (χ2n) is 4.63. The van der Waals surface area contributed by atoms with Crippen LogP contribution in [-0.4, -0.2) is 28.1 Å². The maximum Gasteiger partial charge on any atom is 0.178 e. The lowest BCUT2D eigenvalue weighted by molar-refractivity contribution is 0.313. The molecule has 21 heavy (non-hydrogen) atoms. The minimum Gasteiger partial charge on any atom is -0.494 e. The first-order valence-corrected chi connectivity index (χ1v) is 7.50. The number of H-pyrrole nitrogens is 1. The Labute approximate surface area is 130 Å². The monoisotopic (exact) mass is 346 g/mol. The second-order valence-corrected chi connectivity index (χ2v) is 5.54. The number of halogens is 1. The number of hydrogen-bond acceptors (Lipinski definition) is 4. The number of nitrogens with two attached hydrogens (primary N) is 1. The van der Waals surface area contributed by atoms with E-state index in [4.69, 9.17) is 10.5 Å². The van der Waals surface area contributed by atoms with Gasteiger partial charge in [-0.25, -0.2) is 9.97 Å². The van der Waals surface area contributed by atoms with Gasteiger partial charge in [0.15, 0.2) is 5.65 Å². The molecule has 0 spiro atoms. The predicted octanol–water partition coefficient (Wildman–Crippen LogP) is 3.12. The van der Waals surface area contributed by atoms with Crippen molar-refractivity contribution in [1.82, 2.24) is 15.0 Å². The Morgan fingerprint density at radius 3 is 2.81 bits per heavy atom. The molecule has 0 aliphatic rings. The third kappa shape index (κ3) is 3.22. The van der Waals surface area contributed by atoms with Gasteiger partial charge in [-0.1, -0.05) is 0 Å². The molecule has 0 bridgehead atoms. The predicted molar refractivity (Wildman–Crippen MR) is 86.2 cm³/mol. The summed E-state index contributed by atoms with van der Waals surface area (Å²) in [7, 11) is 0. The summed E-state index contributed by atoms with van der Waals surface area (Å²) in [5, 5.41) is 0. The Kier molecular flexibility index (Phi) is 4.17. The van der Waals surface area contributed by atoms with Crippen molar-refractivity contribution in [3.05, 3.63) is 41.0 Å². The van der Waals surface area contributed by atoms with E-state index in [1.165, 1.54) is 0 Å². The number of aromatic amines is 1. The van der Waals surface area contributed by atoms with E-state index in [-0.39, 0.29) is 0 Å². The molecule has 6 heteroatoms. The zero-order valence-corrected chi connectivity index (χ0v) is 12.9. The molecule has 0 atom stereocenters. The SMILES string of the molecule is NCCCOc1ccc(-c2nc3ncc(Br)cc3[nH]2)cc1. The first-order valence-electron chi connectivity index (χ1n) is 6.71. The zero-order chi connectivity index (χ0) is 14.7. The number of ether oxygens (including phenoxy) is 1. The van der Waals surface area contributed by atoms with Crippen LogP contribution >= 0.6 is 15.9 Å². The molecule has 108 valence electrons. The van der Waals surface area contributed by atoms with Crippen LogP contribution in [0.1, 0.15) is 6.42 Å². The van der Waals surface area contributed by atoms with Gasteiger partial charge in [0.1, 0.15) is 11.6 Å². The van der Waals surface area contributed by atoms with Crippen LogP contribution in [0.25, 0.3) is 22.6 Å². The van der Waals surface area contributed by atoms with Crippen LogP contribution in [0.4, 0.5) is 0 Å². The number of nitrogens with zero attached hydrogens (tertiary/aromatic N) is 2. The highest BCUT2D eigenvalue weighted by atomic mass is 79.9. The van der Waals surface area contributed by atoms with Crippen LogP contribution < -0.4 is 10.5 Å². The Hall–Kier alpha value is -1.92. The van der Waals surface area contributed by atoms with E-state index in [0.717, 1.165) is 33.5 Å². The zero-order valence-electron chi connectivity index (χ0n) is 11.3. The normalized spacial score (nSPS) is 11.0. The molecule has 0 aliphatic heterocycles. The highest BCUT2D eigenvalue weighted by molar-refractivity contribution is 9.10. The van der Waals surface area contributed by atoms with Crippen molar-refractivity contribution in [2.24, 2.45) is 5.73 Å². The first kappa shape index (κ1) is 14.0. The first-order chi connectivity index (χ1) is 10.3. The minimum absolute atomic E-state index is 0.637. The van der Waals surface area contributed by atoms with Gasteiger partial charge in [0.25, 0.3) is 0 Å². The van der Waals surface area contributed by atoms with E-state index >= 15 is 0 Å². The van der Waals surface area contributed by atoms with Crippen molar-refractivity contribution >= 4 is 27.1 Å². The molecule has 0 saturated carbocycles. The fourth-order valence-corrected chi connectivity index (χ4v) is 2.32. The molecule has 0 radical (unpaired) electrons. The Morgan fingerprint density at radius 1 is 1.24 bits per heavy atom. The van der Waals surface area contributed by atoms with E-state index in [1.54, 1.807) is 6.20 Å². The van der Waals surface area contributed by atoms with Crippen LogP contribution in [0.5, 0.6) is 5.75 Å². The van der Waals surface area contributed by atoms with Gasteiger partial charge in [-0.15, -0.1) is 0 Å². The molecule has 3 rings (SSSR count). The topological polar surface area (TPSA) is 76.8 Å². The number of fused-ring (bicyclic) bond motifs is 1. The molecule has 0 saturated heterocycles. The largest absolute Gasteiger partial charge is 0.494 e. The molecule has 2 aromatic heterocycles. The molecule has 0 aliphatic carbocycles. The standard InChI is InChI=1S/C15H15BrN4O/c16-11-8-13-15(18-9-11)20-14(19-13)10-2-4-12(5-3-10)21-7-1-6-17/h2-5,8-9H,1,6-7,17H2,(H,18,19,20). The van der Waals surface area contributed by atoms with Gasteiger partial charge in [0, 0.05) is 16.2 Å². The average Bonchev–Trinajstić information content (AvgIpc) is 2.91. The Morgan fingerprint density at radius 2 is 2.05 bits per heavy atom. The fourth-order valence-electron chi connectivity index (χ4n) is 1.99. The number of benzene rings is 1. The fraction of sp³-hybridized carbons (Fsp3) is 0.200. The van der Waals surface area contributed by atoms with E-state index in [0.29, 0.717) is 18.8 Å². The molecule has 0 unspecified atom stereocenters. The van der Waals surface area contributed by atoms with Gasteiger partial charge < -0.3 is 15.5 Å². The summed E-state index contributed by atoms with van der Waals surface area (Å²) >= 11 is 3.40. The van der Waals surface area contributed by atoms with Crippen LogP contribution in [0.15, 0.2) is 41.0 Å². The third-order valence-electron chi connectivity index (χ3n) is 3.05. The number of aromatic nitrogens is 3. The average molecular weight is 347 g/mol. The highest BCUT2D eigenvalue weighted by Crippen LogP contribution is 2.23. The molecule has 3 aromatic rings. The van der Waals surface area contributed by atoms with Crippen LogP contribution in [0.2, 0.25) is 0 Å².